The molecular formula is C18H22N2O4S. The maximum Gasteiger partial charge on any atom is 0.333 e. The summed E-state index contributed by atoms with van der Waals surface area (Å²) in [5, 5.41) is 3.33. The predicted molar refractivity (Wildman–Crippen MR) is 98.0 cm³/mol. The number of benzene rings is 1. The minimum atomic E-state index is -0.734. The number of nitrogens with one attached hydrogen (secondary N) is 1. The zero-order valence-corrected chi connectivity index (χ0v) is 15.6. The maximum absolute atomic E-state index is 12.6. The summed E-state index contributed by atoms with van der Waals surface area (Å²) in [4.78, 5) is 37.9. The van der Waals surface area contributed by atoms with Crippen molar-refractivity contribution in [2.75, 3.05) is 17.7 Å². The van der Waals surface area contributed by atoms with Crippen LogP contribution in [0, 0.1) is 13.8 Å². The Balaban J connectivity index is 2.19. The van der Waals surface area contributed by atoms with Crippen LogP contribution in [-0.2, 0) is 19.1 Å². The average Bonchev–Trinajstić information content (AvgIpc) is 2.90. The van der Waals surface area contributed by atoms with E-state index in [9.17, 15) is 14.4 Å². The lowest BCUT2D eigenvalue weighted by atomic mass is 10.1. The van der Waals surface area contributed by atoms with Crippen molar-refractivity contribution < 1.29 is 19.1 Å². The first kappa shape index (κ1) is 19.1. The number of hydrogen-bond donors (Lipinski definition) is 1. The molecule has 0 aromatic heterocycles. The Bertz CT molecular complexity index is 710. The predicted octanol–water partition coefficient (Wildman–Crippen LogP) is 2.61. The van der Waals surface area contributed by atoms with Crippen molar-refractivity contribution in [1.29, 1.82) is 0 Å². The van der Waals surface area contributed by atoms with Crippen LogP contribution in [0.25, 0.3) is 0 Å². The highest BCUT2D eigenvalue weighted by molar-refractivity contribution is 8.04. The number of para-hydroxylation sites is 1. The van der Waals surface area contributed by atoms with Gasteiger partial charge in [0, 0.05) is 5.69 Å². The second-order valence-corrected chi connectivity index (χ2v) is 6.71. The van der Waals surface area contributed by atoms with Gasteiger partial charge in [-0.3, -0.25) is 14.5 Å². The van der Waals surface area contributed by atoms with E-state index in [-0.39, 0.29) is 24.2 Å². The van der Waals surface area contributed by atoms with Gasteiger partial charge in [0.25, 0.3) is 0 Å². The summed E-state index contributed by atoms with van der Waals surface area (Å²) in [6, 6.07) is 5.01. The van der Waals surface area contributed by atoms with Gasteiger partial charge in [-0.05, 0) is 38.8 Å². The van der Waals surface area contributed by atoms with Gasteiger partial charge in [-0.25, -0.2) is 4.79 Å². The second-order valence-electron chi connectivity index (χ2n) is 5.72. The molecule has 0 radical (unpaired) electrons. The maximum atomic E-state index is 12.6. The molecule has 1 N–H and O–H groups in total. The first-order chi connectivity index (χ1) is 11.8. The average molecular weight is 362 g/mol. The van der Waals surface area contributed by atoms with Crippen LogP contribution in [0.2, 0.25) is 0 Å². The summed E-state index contributed by atoms with van der Waals surface area (Å²) in [5.41, 5.74) is 2.64. The lowest BCUT2D eigenvalue weighted by Gasteiger charge is -2.25. The van der Waals surface area contributed by atoms with E-state index in [0.717, 1.165) is 16.8 Å². The Morgan fingerprint density at radius 3 is 2.60 bits per heavy atom. The number of thioether (sulfide) groups is 1. The van der Waals surface area contributed by atoms with Crippen LogP contribution in [0.1, 0.15) is 25.0 Å². The Morgan fingerprint density at radius 2 is 2.00 bits per heavy atom. The molecule has 0 bridgehead atoms. The van der Waals surface area contributed by atoms with Crippen molar-refractivity contribution >= 4 is 35.2 Å². The van der Waals surface area contributed by atoms with Crippen molar-refractivity contribution in [3.8, 4) is 0 Å². The van der Waals surface area contributed by atoms with Crippen molar-refractivity contribution in [2.24, 2.45) is 0 Å². The van der Waals surface area contributed by atoms with Crippen LogP contribution in [0.3, 0.4) is 0 Å². The normalized spacial score (nSPS) is 16.9. The van der Waals surface area contributed by atoms with E-state index >= 15 is 0 Å². The Kier molecular flexibility index (Phi) is 6.25. The molecule has 0 spiro atoms. The molecule has 1 aliphatic rings. The van der Waals surface area contributed by atoms with E-state index in [4.69, 9.17) is 4.74 Å². The van der Waals surface area contributed by atoms with Gasteiger partial charge in [-0.1, -0.05) is 30.0 Å². The summed E-state index contributed by atoms with van der Waals surface area (Å²) in [7, 11) is 0. The van der Waals surface area contributed by atoms with E-state index in [0.29, 0.717) is 5.03 Å². The fourth-order valence-corrected chi connectivity index (χ4v) is 3.55. The molecule has 1 aliphatic heterocycles. The van der Waals surface area contributed by atoms with Crippen molar-refractivity contribution in [3.05, 3.63) is 40.4 Å². The van der Waals surface area contributed by atoms with Crippen LogP contribution < -0.4 is 5.32 Å². The number of hydrogen-bond acceptors (Lipinski definition) is 5. The largest absolute Gasteiger partial charge is 0.463 e. The van der Waals surface area contributed by atoms with E-state index in [1.807, 2.05) is 32.0 Å². The molecule has 0 aliphatic carbocycles. The van der Waals surface area contributed by atoms with Crippen LogP contribution in [0.4, 0.5) is 5.69 Å². The lowest BCUT2D eigenvalue weighted by molar-refractivity contribution is -0.137. The molecule has 1 aromatic carbocycles. The summed E-state index contributed by atoms with van der Waals surface area (Å²) >= 11 is 1.23. The third-order valence-corrected chi connectivity index (χ3v) is 4.88. The minimum absolute atomic E-state index is 0.201. The molecule has 134 valence electrons. The van der Waals surface area contributed by atoms with E-state index in [2.05, 4.69) is 5.32 Å². The fourth-order valence-electron chi connectivity index (χ4n) is 2.56. The Hall–Kier alpha value is -2.28. The topological polar surface area (TPSA) is 75.7 Å². The van der Waals surface area contributed by atoms with Crippen LogP contribution >= 0.6 is 11.8 Å². The molecule has 2 rings (SSSR count). The molecule has 6 nitrogen and oxygen atoms in total. The lowest BCUT2D eigenvalue weighted by Crippen LogP contribution is -2.42. The van der Waals surface area contributed by atoms with Crippen LogP contribution in [-0.4, -0.2) is 41.1 Å². The van der Waals surface area contributed by atoms with Gasteiger partial charge >= 0.3 is 5.97 Å². The van der Waals surface area contributed by atoms with Crippen molar-refractivity contribution in [3.63, 3.8) is 0 Å². The molecule has 2 amide bonds. The highest BCUT2D eigenvalue weighted by atomic mass is 32.2. The molecule has 1 unspecified atom stereocenters. The van der Waals surface area contributed by atoms with E-state index < -0.39 is 12.0 Å². The summed E-state index contributed by atoms with van der Waals surface area (Å²) in [6.45, 7) is 7.43. The summed E-state index contributed by atoms with van der Waals surface area (Å²) in [6.07, 6.45) is 1.27. The quantitative estimate of drug-likeness (QED) is 0.644. The van der Waals surface area contributed by atoms with Gasteiger partial charge in [0.15, 0.2) is 0 Å². The molecule has 1 heterocycles. The number of rotatable bonds is 5. The number of anilines is 1. The molecular weight excluding hydrogens is 340 g/mol. The Morgan fingerprint density at radius 1 is 1.36 bits per heavy atom. The SMILES string of the molecule is CCOC(=O)/C=C1\SCC(=O)N1C(C)C(=O)Nc1c(C)cccc1C. The fraction of sp³-hybridized carbons (Fsp3) is 0.389. The third-order valence-electron chi connectivity index (χ3n) is 3.87. The van der Waals surface area contributed by atoms with E-state index in [1.54, 1.807) is 13.8 Å². The number of ether oxygens (including phenoxy) is 1. The number of carbonyl (C=O) groups excluding carboxylic acids is 3. The highest BCUT2D eigenvalue weighted by Gasteiger charge is 2.35. The van der Waals surface area contributed by atoms with E-state index in [1.165, 1.54) is 22.7 Å². The van der Waals surface area contributed by atoms with Gasteiger partial charge in [0.05, 0.1) is 23.5 Å². The molecule has 1 aromatic rings. The number of esters is 1. The van der Waals surface area contributed by atoms with Crippen LogP contribution in [0.5, 0.6) is 0 Å². The third kappa shape index (κ3) is 4.42. The molecule has 1 saturated heterocycles. The Labute approximate surface area is 151 Å². The number of nitrogens with zero attached hydrogens (tertiary/aromatic N) is 1. The molecule has 1 fully saturated rings. The molecule has 7 heteroatoms. The minimum Gasteiger partial charge on any atom is -0.463 e. The van der Waals surface area contributed by atoms with Gasteiger partial charge in [-0.15, -0.1) is 0 Å². The van der Waals surface area contributed by atoms with Gasteiger partial charge in [-0.2, -0.15) is 0 Å². The first-order valence-corrected chi connectivity index (χ1v) is 9.04. The van der Waals surface area contributed by atoms with Gasteiger partial charge in [0.1, 0.15) is 6.04 Å². The monoisotopic (exact) mass is 362 g/mol. The van der Waals surface area contributed by atoms with Gasteiger partial charge in [0.2, 0.25) is 11.8 Å². The van der Waals surface area contributed by atoms with Crippen molar-refractivity contribution in [2.45, 2.75) is 33.7 Å². The van der Waals surface area contributed by atoms with Gasteiger partial charge < -0.3 is 10.1 Å². The summed E-state index contributed by atoms with van der Waals surface area (Å²) in [5.74, 6) is -0.827. The smallest absolute Gasteiger partial charge is 0.333 e. The zero-order chi connectivity index (χ0) is 18.6. The molecule has 0 saturated carbocycles. The standard InChI is InChI=1S/C18H22N2O4S/c1-5-24-16(22)9-15-20(14(21)10-25-15)13(4)18(23)19-17-11(2)7-6-8-12(17)3/h6-9,13H,5,10H2,1-4H3,(H,19,23)/b15-9-. The number of aryl methyl sites for hydroxylation is 2. The zero-order valence-electron chi connectivity index (χ0n) is 14.8. The summed E-state index contributed by atoms with van der Waals surface area (Å²) < 4.78 is 4.89. The van der Waals surface area contributed by atoms with Crippen molar-refractivity contribution in [1.82, 2.24) is 4.90 Å². The number of amides is 2. The highest BCUT2D eigenvalue weighted by Crippen LogP contribution is 2.31. The number of carbonyl (C=O) groups is 3. The second kappa shape index (κ2) is 8.20. The molecule has 1 atom stereocenters. The first-order valence-electron chi connectivity index (χ1n) is 8.05. The molecule has 25 heavy (non-hydrogen) atoms. The van der Waals surface area contributed by atoms with Crippen LogP contribution in [0.15, 0.2) is 29.3 Å².